The molecule has 1 unspecified atom stereocenters. The van der Waals surface area contributed by atoms with Gasteiger partial charge in [0.25, 0.3) is 5.24 Å². The van der Waals surface area contributed by atoms with Gasteiger partial charge in [0.15, 0.2) is 0 Å². The topological polar surface area (TPSA) is 84.9 Å². The fourth-order valence-corrected chi connectivity index (χ4v) is 3.57. The Morgan fingerprint density at radius 2 is 1.89 bits per heavy atom. The first kappa shape index (κ1) is 21.1. The number of alkyl carbamates (subject to hydrolysis) is 1. The maximum atomic E-state index is 12.5. The first-order valence-corrected chi connectivity index (χ1v) is 9.78. The summed E-state index contributed by atoms with van der Waals surface area (Å²) in [6, 6.07) is 7.51. The van der Waals surface area contributed by atoms with Crippen molar-refractivity contribution in [2.24, 2.45) is 0 Å². The van der Waals surface area contributed by atoms with E-state index >= 15 is 0 Å². The maximum Gasteiger partial charge on any atom is 0.407 e. The number of nitrogens with zero attached hydrogens (tertiary/aromatic N) is 1. The lowest BCUT2D eigenvalue weighted by Crippen LogP contribution is -2.40. The minimum absolute atomic E-state index is 0.129. The molecule has 0 saturated carbocycles. The van der Waals surface area contributed by atoms with Gasteiger partial charge >= 0.3 is 6.09 Å². The largest absolute Gasteiger partial charge is 0.494 e. The highest BCUT2D eigenvalue weighted by atomic mass is 32.2. The third-order valence-corrected chi connectivity index (χ3v) is 4.74. The number of ether oxygens (including phenoxy) is 2. The zero-order valence-corrected chi connectivity index (χ0v) is 16.9. The first-order chi connectivity index (χ1) is 12.7. The SMILES string of the molecule is CCOc1ccc(CC2SC(=O)N(CCNC(=O)OC(C)(C)C)C2=O)cc1. The number of nitrogens with one attached hydrogen (secondary N) is 1. The van der Waals surface area contributed by atoms with Gasteiger partial charge in [-0.25, -0.2) is 4.79 Å². The molecule has 1 aromatic carbocycles. The Morgan fingerprint density at radius 3 is 2.48 bits per heavy atom. The molecule has 0 aliphatic carbocycles. The molecule has 1 aromatic rings. The summed E-state index contributed by atoms with van der Waals surface area (Å²) in [5.41, 5.74) is 0.369. The minimum atomic E-state index is -0.595. The summed E-state index contributed by atoms with van der Waals surface area (Å²) in [7, 11) is 0. The summed E-state index contributed by atoms with van der Waals surface area (Å²) < 4.78 is 10.5. The smallest absolute Gasteiger partial charge is 0.407 e. The predicted octanol–water partition coefficient (Wildman–Crippen LogP) is 3.22. The van der Waals surface area contributed by atoms with E-state index < -0.39 is 16.9 Å². The number of rotatable bonds is 7. The Bertz CT molecular complexity index is 684. The van der Waals surface area contributed by atoms with Crippen molar-refractivity contribution in [2.75, 3.05) is 19.7 Å². The van der Waals surface area contributed by atoms with Crippen molar-refractivity contribution in [1.82, 2.24) is 10.2 Å². The van der Waals surface area contributed by atoms with Crippen LogP contribution in [0.2, 0.25) is 0 Å². The number of hydrogen-bond acceptors (Lipinski definition) is 6. The fourth-order valence-electron chi connectivity index (χ4n) is 2.52. The zero-order valence-electron chi connectivity index (χ0n) is 16.1. The van der Waals surface area contributed by atoms with Crippen LogP contribution in [0.1, 0.15) is 33.3 Å². The second kappa shape index (κ2) is 9.12. The second-order valence-corrected chi connectivity index (χ2v) is 8.23. The van der Waals surface area contributed by atoms with Gasteiger partial charge in [0.05, 0.1) is 11.9 Å². The summed E-state index contributed by atoms with van der Waals surface area (Å²) in [6.07, 6.45) is -0.0994. The van der Waals surface area contributed by atoms with E-state index in [9.17, 15) is 14.4 Å². The fraction of sp³-hybridized carbons (Fsp3) is 0.526. The predicted molar refractivity (Wildman–Crippen MR) is 104 cm³/mol. The van der Waals surface area contributed by atoms with E-state index in [4.69, 9.17) is 9.47 Å². The lowest BCUT2D eigenvalue weighted by molar-refractivity contribution is -0.126. The molecular formula is C19H26N2O5S. The normalized spacial score (nSPS) is 17.2. The van der Waals surface area contributed by atoms with E-state index in [1.54, 1.807) is 20.8 Å². The molecule has 148 valence electrons. The van der Waals surface area contributed by atoms with Crippen molar-refractivity contribution in [3.05, 3.63) is 29.8 Å². The zero-order chi connectivity index (χ0) is 20.0. The number of thioether (sulfide) groups is 1. The molecule has 3 amide bonds. The molecule has 0 spiro atoms. The Balaban J connectivity index is 1.84. The lowest BCUT2D eigenvalue weighted by atomic mass is 10.1. The molecule has 7 nitrogen and oxygen atoms in total. The van der Waals surface area contributed by atoms with Crippen molar-refractivity contribution >= 4 is 29.0 Å². The van der Waals surface area contributed by atoms with Crippen LogP contribution in [0, 0.1) is 0 Å². The standard InChI is InChI=1S/C19H26N2O5S/c1-5-25-14-8-6-13(7-9-14)12-15-16(22)21(18(24)27-15)11-10-20-17(23)26-19(2,3)4/h6-9,15H,5,10-12H2,1-4H3,(H,20,23). The van der Waals surface area contributed by atoms with Crippen molar-refractivity contribution < 1.29 is 23.9 Å². The van der Waals surface area contributed by atoms with Crippen LogP contribution in [0.25, 0.3) is 0 Å². The Hall–Kier alpha value is -2.22. The van der Waals surface area contributed by atoms with Gasteiger partial charge in [0.1, 0.15) is 11.4 Å². The van der Waals surface area contributed by atoms with Gasteiger partial charge in [-0.3, -0.25) is 14.5 Å². The Labute approximate surface area is 163 Å². The third kappa shape index (κ3) is 6.46. The molecule has 1 heterocycles. The number of imide groups is 1. The van der Waals surface area contributed by atoms with Crippen molar-refractivity contribution in [3.8, 4) is 5.75 Å². The average molecular weight is 394 g/mol. The van der Waals surface area contributed by atoms with E-state index in [0.717, 1.165) is 23.1 Å². The average Bonchev–Trinajstić information content (AvgIpc) is 2.82. The van der Waals surface area contributed by atoms with E-state index in [1.807, 2.05) is 31.2 Å². The molecule has 2 rings (SSSR count). The molecule has 1 N–H and O–H groups in total. The van der Waals surface area contributed by atoms with Crippen LogP contribution in [-0.2, 0) is 16.0 Å². The molecular weight excluding hydrogens is 368 g/mol. The van der Waals surface area contributed by atoms with Gasteiger partial charge in [0, 0.05) is 13.1 Å². The van der Waals surface area contributed by atoms with Crippen LogP contribution in [-0.4, -0.2) is 52.7 Å². The highest BCUT2D eigenvalue weighted by Gasteiger charge is 2.39. The minimum Gasteiger partial charge on any atom is -0.494 e. The van der Waals surface area contributed by atoms with E-state index in [2.05, 4.69) is 5.32 Å². The van der Waals surface area contributed by atoms with E-state index in [1.165, 1.54) is 4.90 Å². The lowest BCUT2D eigenvalue weighted by Gasteiger charge is -2.20. The van der Waals surface area contributed by atoms with Crippen LogP contribution in [0.4, 0.5) is 9.59 Å². The van der Waals surface area contributed by atoms with E-state index in [-0.39, 0.29) is 24.2 Å². The summed E-state index contributed by atoms with van der Waals surface area (Å²) in [5.74, 6) is 0.544. The molecule has 8 heteroatoms. The Kier molecular flexibility index (Phi) is 7.12. The van der Waals surface area contributed by atoms with Crippen LogP contribution < -0.4 is 10.1 Å². The maximum absolute atomic E-state index is 12.5. The molecule has 1 fully saturated rings. The van der Waals surface area contributed by atoms with Gasteiger partial charge in [-0.05, 0) is 51.8 Å². The molecule has 0 bridgehead atoms. The van der Waals surface area contributed by atoms with Crippen molar-refractivity contribution in [2.45, 2.75) is 45.0 Å². The molecule has 1 aliphatic rings. The Morgan fingerprint density at radius 1 is 1.22 bits per heavy atom. The molecule has 1 aliphatic heterocycles. The molecule has 1 atom stereocenters. The monoisotopic (exact) mass is 394 g/mol. The summed E-state index contributed by atoms with van der Waals surface area (Å²) in [4.78, 5) is 37.5. The highest BCUT2D eigenvalue weighted by molar-refractivity contribution is 8.15. The molecule has 1 saturated heterocycles. The van der Waals surface area contributed by atoms with Gasteiger partial charge in [-0.2, -0.15) is 0 Å². The molecule has 0 aromatic heterocycles. The number of hydrogen-bond donors (Lipinski definition) is 1. The summed E-state index contributed by atoms with van der Waals surface area (Å²) in [5, 5.41) is 1.82. The van der Waals surface area contributed by atoms with E-state index in [0.29, 0.717) is 13.0 Å². The summed E-state index contributed by atoms with van der Waals surface area (Å²) >= 11 is 1.02. The molecule has 0 radical (unpaired) electrons. The van der Waals surface area contributed by atoms with Crippen LogP contribution >= 0.6 is 11.8 Å². The van der Waals surface area contributed by atoms with Gasteiger partial charge in [-0.1, -0.05) is 23.9 Å². The first-order valence-electron chi connectivity index (χ1n) is 8.90. The number of benzene rings is 1. The van der Waals surface area contributed by atoms with Crippen LogP contribution in [0.3, 0.4) is 0 Å². The second-order valence-electron chi connectivity index (χ2n) is 7.07. The van der Waals surface area contributed by atoms with Crippen LogP contribution in [0.5, 0.6) is 5.75 Å². The van der Waals surface area contributed by atoms with Gasteiger partial charge in [0.2, 0.25) is 5.91 Å². The van der Waals surface area contributed by atoms with Gasteiger partial charge in [-0.15, -0.1) is 0 Å². The quantitative estimate of drug-likeness (QED) is 0.764. The molecule has 27 heavy (non-hydrogen) atoms. The summed E-state index contributed by atoms with van der Waals surface area (Å²) in [6.45, 7) is 8.09. The highest BCUT2D eigenvalue weighted by Crippen LogP contribution is 2.29. The van der Waals surface area contributed by atoms with Crippen LogP contribution in [0.15, 0.2) is 24.3 Å². The number of amides is 3. The number of carbonyl (C=O) groups is 3. The van der Waals surface area contributed by atoms with Gasteiger partial charge < -0.3 is 14.8 Å². The number of carbonyl (C=O) groups excluding carboxylic acids is 3. The van der Waals surface area contributed by atoms with Crippen molar-refractivity contribution in [3.63, 3.8) is 0 Å². The third-order valence-electron chi connectivity index (χ3n) is 3.66. The van der Waals surface area contributed by atoms with Crippen molar-refractivity contribution in [1.29, 1.82) is 0 Å².